The monoisotopic (exact) mass is 382 g/mol. The Kier molecular flexibility index (Phi) is 4.81. The second-order valence-electron chi connectivity index (χ2n) is 6.99. The van der Waals surface area contributed by atoms with Gasteiger partial charge in [0.25, 0.3) is 5.91 Å². The fourth-order valence-corrected chi connectivity index (χ4v) is 3.35. The first-order chi connectivity index (χ1) is 13.5. The topological polar surface area (TPSA) is 99.1 Å². The van der Waals surface area contributed by atoms with E-state index in [0.717, 1.165) is 17.5 Å². The molecule has 1 aromatic carbocycles. The molecule has 9 heteroatoms. The van der Waals surface area contributed by atoms with Crippen molar-refractivity contribution < 1.29 is 9.32 Å². The van der Waals surface area contributed by atoms with Crippen molar-refractivity contribution in [2.45, 2.75) is 46.3 Å². The molecule has 0 atom stereocenters. The number of carbonyl (C=O) groups excluding carboxylic acids is 1. The van der Waals surface area contributed by atoms with Crippen LogP contribution in [-0.2, 0) is 26.1 Å². The third kappa shape index (κ3) is 3.47. The molecule has 1 aliphatic rings. The highest BCUT2D eigenvalue weighted by atomic mass is 16.5. The van der Waals surface area contributed by atoms with Crippen molar-refractivity contribution in [3.8, 4) is 0 Å². The van der Waals surface area contributed by atoms with Gasteiger partial charge in [0.1, 0.15) is 6.54 Å². The highest BCUT2D eigenvalue weighted by molar-refractivity contribution is 5.91. The molecule has 4 rings (SSSR count). The maximum Gasteiger partial charge on any atom is 0.346 e. The van der Waals surface area contributed by atoms with E-state index >= 15 is 0 Å². The number of hydrogen-bond donors (Lipinski definition) is 0. The van der Waals surface area contributed by atoms with E-state index in [0.29, 0.717) is 37.8 Å². The number of aryl methyl sites for hydroxylation is 2. The third-order valence-corrected chi connectivity index (χ3v) is 4.72. The zero-order chi connectivity index (χ0) is 19.7. The molecule has 0 aliphatic carbocycles. The lowest BCUT2D eigenvalue weighted by Gasteiger charge is -2.26. The minimum atomic E-state index is -0.333. The Hall–Kier alpha value is -3.23. The van der Waals surface area contributed by atoms with E-state index in [1.807, 2.05) is 32.0 Å². The first-order valence-corrected chi connectivity index (χ1v) is 9.39. The number of carbonyl (C=O) groups is 1. The lowest BCUT2D eigenvalue weighted by atomic mass is 10.1. The summed E-state index contributed by atoms with van der Waals surface area (Å²) in [7, 11) is 0. The maximum atomic E-state index is 12.9. The van der Waals surface area contributed by atoms with Crippen LogP contribution in [0.25, 0.3) is 0 Å². The van der Waals surface area contributed by atoms with Crippen molar-refractivity contribution in [3.63, 3.8) is 0 Å². The van der Waals surface area contributed by atoms with Gasteiger partial charge in [-0.25, -0.2) is 9.48 Å². The highest BCUT2D eigenvalue weighted by Gasteiger charge is 2.30. The lowest BCUT2D eigenvalue weighted by molar-refractivity contribution is 0.0681. The number of amides is 1. The Morgan fingerprint density at radius 2 is 2.04 bits per heavy atom. The van der Waals surface area contributed by atoms with Gasteiger partial charge in [0, 0.05) is 26.1 Å². The van der Waals surface area contributed by atoms with Gasteiger partial charge in [-0.15, -0.1) is 5.10 Å². The molecular weight excluding hydrogens is 360 g/mol. The Morgan fingerprint density at radius 1 is 1.18 bits per heavy atom. The van der Waals surface area contributed by atoms with Crippen molar-refractivity contribution in [3.05, 3.63) is 63.4 Å². The zero-order valence-electron chi connectivity index (χ0n) is 16.0. The van der Waals surface area contributed by atoms with Crippen molar-refractivity contribution in [1.29, 1.82) is 0 Å². The van der Waals surface area contributed by atoms with Gasteiger partial charge >= 0.3 is 5.69 Å². The molecular formula is C19H22N6O3. The summed E-state index contributed by atoms with van der Waals surface area (Å²) in [6.45, 7) is 5.49. The second-order valence-corrected chi connectivity index (χ2v) is 6.99. The first-order valence-electron chi connectivity index (χ1n) is 9.39. The quantitative estimate of drug-likeness (QED) is 0.639. The van der Waals surface area contributed by atoms with Gasteiger partial charge in [0.15, 0.2) is 5.82 Å². The number of fused-ring (bicyclic) bond motifs is 1. The van der Waals surface area contributed by atoms with Crippen LogP contribution < -0.4 is 5.69 Å². The number of aromatic nitrogens is 5. The normalized spacial score (nSPS) is 13.8. The Bertz CT molecular complexity index is 1060. The van der Waals surface area contributed by atoms with Crippen LogP contribution in [0.4, 0.5) is 0 Å². The van der Waals surface area contributed by atoms with E-state index in [1.54, 1.807) is 4.90 Å². The van der Waals surface area contributed by atoms with E-state index in [-0.39, 0.29) is 24.0 Å². The zero-order valence-corrected chi connectivity index (χ0v) is 16.0. The average molecular weight is 382 g/mol. The summed E-state index contributed by atoms with van der Waals surface area (Å²) < 4.78 is 7.79. The Morgan fingerprint density at radius 3 is 2.82 bits per heavy atom. The predicted molar refractivity (Wildman–Crippen MR) is 99.8 cm³/mol. The minimum absolute atomic E-state index is 0.0806. The molecule has 9 nitrogen and oxygen atoms in total. The molecule has 0 saturated carbocycles. The molecule has 28 heavy (non-hydrogen) atoms. The third-order valence-electron chi connectivity index (χ3n) is 4.72. The van der Waals surface area contributed by atoms with Crippen LogP contribution in [0.15, 0.2) is 33.6 Å². The molecule has 3 aromatic rings. The molecule has 146 valence electrons. The van der Waals surface area contributed by atoms with E-state index in [1.165, 1.54) is 9.25 Å². The van der Waals surface area contributed by atoms with Gasteiger partial charge in [-0.2, -0.15) is 4.98 Å². The smallest absolute Gasteiger partial charge is 0.339 e. The van der Waals surface area contributed by atoms with Crippen LogP contribution in [0.5, 0.6) is 0 Å². The molecule has 0 bridgehead atoms. The van der Waals surface area contributed by atoms with Crippen LogP contribution in [0.1, 0.15) is 46.8 Å². The minimum Gasteiger partial charge on any atom is -0.339 e. The average Bonchev–Trinajstić information content (AvgIpc) is 3.24. The molecule has 0 N–H and O–H groups in total. The molecule has 1 amide bonds. The SMILES string of the molecule is CCCc1nc(Cn2nc3n(c2=O)CCN(Cc2cccc(C)c2)C3=O)no1. The summed E-state index contributed by atoms with van der Waals surface area (Å²) in [5.74, 6) is 0.824. The molecule has 0 fully saturated rings. The Labute approximate surface area is 161 Å². The van der Waals surface area contributed by atoms with Gasteiger partial charge in [0.2, 0.25) is 11.7 Å². The fraction of sp³-hybridized carbons (Fsp3) is 0.421. The van der Waals surface area contributed by atoms with Crippen molar-refractivity contribution in [2.24, 2.45) is 0 Å². The van der Waals surface area contributed by atoms with Crippen LogP contribution in [0.3, 0.4) is 0 Å². The van der Waals surface area contributed by atoms with Crippen molar-refractivity contribution in [1.82, 2.24) is 29.4 Å². The molecule has 2 aromatic heterocycles. The van der Waals surface area contributed by atoms with Crippen molar-refractivity contribution >= 4 is 5.91 Å². The van der Waals surface area contributed by atoms with Gasteiger partial charge in [-0.3, -0.25) is 9.36 Å². The van der Waals surface area contributed by atoms with E-state index in [9.17, 15) is 9.59 Å². The van der Waals surface area contributed by atoms with Crippen LogP contribution in [0, 0.1) is 6.92 Å². The van der Waals surface area contributed by atoms with E-state index < -0.39 is 0 Å². The molecule has 0 radical (unpaired) electrons. The van der Waals surface area contributed by atoms with Crippen molar-refractivity contribution in [2.75, 3.05) is 6.54 Å². The number of benzene rings is 1. The molecule has 0 saturated heterocycles. The van der Waals surface area contributed by atoms with E-state index in [2.05, 4.69) is 21.3 Å². The maximum absolute atomic E-state index is 12.9. The summed E-state index contributed by atoms with van der Waals surface area (Å²) in [5.41, 5.74) is 1.87. The molecule has 3 heterocycles. The molecule has 0 spiro atoms. The summed E-state index contributed by atoms with van der Waals surface area (Å²) >= 11 is 0. The summed E-state index contributed by atoms with van der Waals surface area (Å²) in [4.78, 5) is 31.4. The standard InChI is InChI=1S/C19H22N6O3/c1-3-5-16-20-15(22-28-16)12-25-19(27)24-9-8-23(18(26)17(24)21-25)11-14-7-4-6-13(2)10-14/h4,6-7,10H,3,5,8-9,11-12H2,1-2H3. The largest absolute Gasteiger partial charge is 0.346 e. The van der Waals surface area contributed by atoms with Crippen LogP contribution >= 0.6 is 0 Å². The summed E-state index contributed by atoms with van der Waals surface area (Å²) in [6.07, 6.45) is 1.58. The second kappa shape index (κ2) is 7.41. The van der Waals surface area contributed by atoms with Crippen LogP contribution in [0.2, 0.25) is 0 Å². The number of nitrogens with zero attached hydrogens (tertiary/aromatic N) is 6. The van der Waals surface area contributed by atoms with E-state index in [4.69, 9.17) is 4.52 Å². The first kappa shape index (κ1) is 18.1. The van der Waals surface area contributed by atoms with Gasteiger partial charge in [-0.05, 0) is 18.9 Å². The molecule has 1 aliphatic heterocycles. The number of rotatable bonds is 6. The molecule has 0 unspecified atom stereocenters. The fourth-order valence-electron chi connectivity index (χ4n) is 3.35. The van der Waals surface area contributed by atoms with Crippen LogP contribution in [-0.4, -0.2) is 41.8 Å². The Balaban J connectivity index is 1.54. The summed E-state index contributed by atoms with van der Waals surface area (Å²) in [6, 6.07) is 8.04. The highest BCUT2D eigenvalue weighted by Crippen LogP contribution is 2.14. The predicted octanol–water partition coefficient (Wildman–Crippen LogP) is 1.39. The van der Waals surface area contributed by atoms with Gasteiger partial charge in [0.05, 0.1) is 0 Å². The lowest BCUT2D eigenvalue weighted by Crippen LogP contribution is -2.42. The van der Waals surface area contributed by atoms with Gasteiger partial charge in [-0.1, -0.05) is 41.9 Å². The summed E-state index contributed by atoms with van der Waals surface area (Å²) in [5, 5.41) is 8.13. The van der Waals surface area contributed by atoms with Gasteiger partial charge < -0.3 is 9.42 Å². The number of hydrogen-bond acceptors (Lipinski definition) is 6.